The van der Waals surface area contributed by atoms with Crippen molar-refractivity contribution in [2.45, 2.75) is 32.6 Å². The van der Waals surface area contributed by atoms with E-state index < -0.39 is 5.97 Å². The summed E-state index contributed by atoms with van der Waals surface area (Å²) in [7, 11) is 0. The Bertz CT molecular complexity index is 551. The van der Waals surface area contributed by atoms with Gasteiger partial charge in [0.15, 0.2) is 11.5 Å². The molecule has 0 aromatic heterocycles. The molecule has 0 unspecified atom stereocenters. The molecule has 0 saturated heterocycles. The highest BCUT2D eigenvalue weighted by Crippen LogP contribution is 2.39. The standard InChI is InChI=1S/C19H26O5/c1-4-7-10-22-16-13-15(19(20)21)14-17(23-11-8-5-2)18(16)24-12-9-6-3/h4,6,13-14H,1,3,5,7-12H2,2H3,(H,20,21). The minimum absolute atomic E-state index is 0.103. The van der Waals surface area contributed by atoms with E-state index in [2.05, 4.69) is 20.1 Å². The lowest BCUT2D eigenvalue weighted by atomic mass is 10.2. The van der Waals surface area contributed by atoms with Crippen LogP contribution in [0.25, 0.3) is 0 Å². The quantitative estimate of drug-likeness (QED) is 0.426. The van der Waals surface area contributed by atoms with Crippen LogP contribution in [0, 0.1) is 0 Å². The predicted octanol–water partition coefficient (Wildman–Crippen LogP) is 4.47. The minimum Gasteiger partial charge on any atom is -0.490 e. The zero-order chi connectivity index (χ0) is 17.8. The summed E-state index contributed by atoms with van der Waals surface area (Å²) < 4.78 is 17.2. The molecule has 132 valence electrons. The van der Waals surface area contributed by atoms with Gasteiger partial charge < -0.3 is 19.3 Å². The molecule has 0 aliphatic rings. The highest BCUT2D eigenvalue weighted by Gasteiger charge is 2.18. The molecule has 0 saturated carbocycles. The highest BCUT2D eigenvalue weighted by atomic mass is 16.5. The molecule has 0 amide bonds. The van der Waals surface area contributed by atoms with Crippen molar-refractivity contribution in [3.63, 3.8) is 0 Å². The van der Waals surface area contributed by atoms with Crippen LogP contribution in [0.3, 0.4) is 0 Å². The predicted molar refractivity (Wildman–Crippen MR) is 94.4 cm³/mol. The van der Waals surface area contributed by atoms with E-state index in [0.717, 1.165) is 12.8 Å². The number of aromatic carboxylic acids is 1. The molecular formula is C19H26O5. The van der Waals surface area contributed by atoms with Crippen LogP contribution in [0.15, 0.2) is 37.4 Å². The molecule has 1 aromatic carbocycles. The van der Waals surface area contributed by atoms with Gasteiger partial charge in [0.05, 0.1) is 25.4 Å². The second kappa shape index (κ2) is 11.2. The molecule has 24 heavy (non-hydrogen) atoms. The van der Waals surface area contributed by atoms with Crippen molar-refractivity contribution in [2.75, 3.05) is 19.8 Å². The van der Waals surface area contributed by atoms with E-state index in [4.69, 9.17) is 14.2 Å². The van der Waals surface area contributed by atoms with Crippen LogP contribution in [-0.2, 0) is 0 Å². The van der Waals surface area contributed by atoms with Gasteiger partial charge >= 0.3 is 5.97 Å². The molecule has 0 aliphatic carbocycles. The van der Waals surface area contributed by atoms with Gasteiger partial charge in [-0.25, -0.2) is 4.79 Å². The number of benzene rings is 1. The Morgan fingerprint density at radius 3 is 2.08 bits per heavy atom. The first-order chi connectivity index (χ1) is 11.6. The first-order valence-electron chi connectivity index (χ1n) is 8.15. The second-order valence-corrected chi connectivity index (χ2v) is 5.16. The van der Waals surface area contributed by atoms with Gasteiger partial charge in [0.25, 0.3) is 0 Å². The van der Waals surface area contributed by atoms with Crippen molar-refractivity contribution in [3.05, 3.63) is 43.0 Å². The summed E-state index contributed by atoms with van der Waals surface area (Å²) in [5.41, 5.74) is 0.103. The number of ether oxygens (including phenoxy) is 3. The molecule has 1 rings (SSSR count). The molecule has 0 spiro atoms. The average molecular weight is 334 g/mol. The summed E-state index contributed by atoms with van der Waals surface area (Å²) in [5.74, 6) is 0.150. The van der Waals surface area contributed by atoms with Crippen LogP contribution in [0.1, 0.15) is 43.0 Å². The van der Waals surface area contributed by atoms with Crippen LogP contribution in [0.2, 0.25) is 0 Å². The van der Waals surface area contributed by atoms with Crippen molar-refractivity contribution in [2.24, 2.45) is 0 Å². The van der Waals surface area contributed by atoms with E-state index in [1.165, 1.54) is 12.1 Å². The molecular weight excluding hydrogens is 308 g/mol. The largest absolute Gasteiger partial charge is 0.490 e. The summed E-state index contributed by atoms with van der Waals surface area (Å²) in [6.45, 7) is 10.7. The molecule has 1 N–H and O–H groups in total. The van der Waals surface area contributed by atoms with Crippen molar-refractivity contribution in [1.82, 2.24) is 0 Å². The molecule has 5 nitrogen and oxygen atoms in total. The van der Waals surface area contributed by atoms with E-state index in [1.807, 2.05) is 0 Å². The van der Waals surface area contributed by atoms with Crippen molar-refractivity contribution in [3.8, 4) is 17.2 Å². The highest BCUT2D eigenvalue weighted by molar-refractivity contribution is 5.89. The van der Waals surface area contributed by atoms with Gasteiger partial charge in [-0.3, -0.25) is 0 Å². The Hall–Kier alpha value is -2.43. The number of hydrogen-bond acceptors (Lipinski definition) is 4. The molecule has 0 radical (unpaired) electrons. The number of carboxylic acid groups (broad SMARTS) is 1. The lowest BCUT2D eigenvalue weighted by molar-refractivity contribution is 0.0695. The Morgan fingerprint density at radius 1 is 1.04 bits per heavy atom. The summed E-state index contributed by atoms with van der Waals surface area (Å²) >= 11 is 0. The Labute approximate surface area is 143 Å². The Balaban J connectivity index is 3.13. The second-order valence-electron chi connectivity index (χ2n) is 5.16. The van der Waals surface area contributed by atoms with Gasteiger partial charge in [0.1, 0.15) is 0 Å². The third-order valence-electron chi connectivity index (χ3n) is 3.17. The average Bonchev–Trinajstić information content (AvgIpc) is 2.56. The van der Waals surface area contributed by atoms with E-state index in [9.17, 15) is 9.90 Å². The van der Waals surface area contributed by atoms with E-state index in [0.29, 0.717) is 49.9 Å². The zero-order valence-corrected chi connectivity index (χ0v) is 14.3. The van der Waals surface area contributed by atoms with Crippen molar-refractivity contribution in [1.29, 1.82) is 0 Å². The molecule has 0 atom stereocenters. The van der Waals surface area contributed by atoms with Gasteiger partial charge in [-0.2, -0.15) is 0 Å². The third kappa shape index (κ3) is 6.36. The molecule has 0 fully saturated rings. The van der Waals surface area contributed by atoms with Gasteiger partial charge in [-0.15, -0.1) is 13.2 Å². The number of unbranched alkanes of at least 4 members (excludes halogenated alkanes) is 1. The van der Waals surface area contributed by atoms with Crippen LogP contribution in [0.5, 0.6) is 17.2 Å². The first kappa shape index (κ1) is 19.6. The van der Waals surface area contributed by atoms with Crippen LogP contribution in [-0.4, -0.2) is 30.9 Å². The number of carboxylic acids is 1. The van der Waals surface area contributed by atoms with Crippen molar-refractivity contribution >= 4 is 5.97 Å². The summed E-state index contributed by atoms with van der Waals surface area (Å²) in [6.07, 6.45) is 6.65. The normalized spacial score (nSPS) is 10.0. The fourth-order valence-electron chi connectivity index (χ4n) is 1.88. The van der Waals surface area contributed by atoms with E-state index >= 15 is 0 Å². The SMILES string of the molecule is C=CCCOc1cc(C(=O)O)cc(OCCCC)c1OCCC=C. The van der Waals surface area contributed by atoms with E-state index in [-0.39, 0.29) is 5.56 Å². The topological polar surface area (TPSA) is 65.0 Å². The monoisotopic (exact) mass is 334 g/mol. The van der Waals surface area contributed by atoms with Crippen molar-refractivity contribution < 1.29 is 24.1 Å². The van der Waals surface area contributed by atoms with Crippen LogP contribution in [0.4, 0.5) is 0 Å². The van der Waals surface area contributed by atoms with Crippen LogP contribution < -0.4 is 14.2 Å². The third-order valence-corrected chi connectivity index (χ3v) is 3.17. The number of carbonyl (C=O) groups is 1. The fraction of sp³-hybridized carbons (Fsp3) is 0.421. The lowest BCUT2D eigenvalue weighted by Gasteiger charge is -2.17. The van der Waals surface area contributed by atoms with Crippen LogP contribution >= 0.6 is 0 Å². The first-order valence-corrected chi connectivity index (χ1v) is 8.15. The molecule has 0 aliphatic heterocycles. The molecule has 5 heteroatoms. The Morgan fingerprint density at radius 2 is 1.58 bits per heavy atom. The minimum atomic E-state index is -1.04. The lowest BCUT2D eigenvalue weighted by Crippen LogP contribution is -2.08. The number of rotatable bonds is 13. The number of hydrogen-bond donors (Lipinski definition) is 1. The smallest absolute Gasteiger partial charge is 0.335 e. The Kier molecular flexibility index (Phi) is 9.12. The fourth-order valence-corrected chi connectivity index (χ4v) is 1.88. The van der Waals surface area contributed by atoms with Gasteiger partial charge in [0.2, 0.25) is 5.75 Å². The van der Waals surface area contributed by atoms with Gasteiger partial charge in [0, 0.05) is 0 Å². The summed E-state index contributed by atoms with van der Waals surface area (Å²) in [4.78, 5) is 11.4. The van der Waals surface area contributed by atoms with E-state index in [1.54, 1.807) is 12.2 Å². The molecule has 1 aromatic rings. The summed E-state index contributed by atoms with van der Waals surface area (Å²) in [5, 5.41) is 9.30. The zero-order valence-electron chi connectivity index (χ0n) is 14.3. The van der Waals surface area contributed by atoms with Gasteiger partial charge in [-0.05, 0) is 31.4 Å². The van der Waals surface area contributed by atoms with Gasteiger partial charge in [-0.1, -0.05) is 25.5 Å². The maximum atomic E-state index is 11.4. The summed E-state index contributed by atoms with van der Waals surface area (Å²) in [6, 6.07) is 2.93. The molecule has 0 heterocycles. The maximum absolute atomic E-state index is 11.4. The maximum Gasteiger partial charge on any atom is 0.335 e. The molecule has 0 bridgehead atoms.